The summed E-state index contributed by atoms with van der Waals surface area (Å²) in [6.45, 7) is 0. The second kappa shape index (κ2) is 10.9. The van der Waals surface area contributed by atoms with Crippen LogP contribution in [0.4, 0.5) is 0 Å². The lowest BCUT2D eigenvalue weighted by atomic mass is 9.92. The molecule has 0 unspecified atom stereocenters. The van der Waals surface area contributed by atoms with E-state index in [1.807, 2.05) is 0 Å². The zero-order valence-corrected chi connectivity index (χ0v) is 18.0. The summed E-state index contributed by atoms with van der Waals surface area (Å²) in [4.78, 5) is 68.7. The lowest BCUT2D eigenvalue weighted by molar-refractivity contribution is 0.0647. The minimum atomic E-state index is -1.60. The molecule has 0 bridgehead atoms. The highest BCUT2D eigenvalue weighted by Crippen LogP contribution is 2.24. The molecule has 184 valence electrons. The van der Waals surface area contributed by atoms with Gasteiger partial charge in [0.1, 0.15) is 0 Å². The van der Waals surface area contributed by atoms with Crippen molar-refractivity contribution in [2.75, 3.05) is 0 Å². The molecule has 6 N–H and O–H groups in total. The lowest BCUT2D eigenvalue weighted by Crippen LogP contribution is -2.15. The predicted molar refractivity (Wildman–Crippen MR) is 116 cm³/mol. The molecule has 0 fully saturated rings. The molecule has 2 rings (SSSR count). The van der Waals surface area contributed by atoms with E-state index in [2.05, 4.69) is 0 Å². The number of carboxylic acids is 6. The minimum absolute atomic E-state index is 0.00191. The molecular weight excluding hydrogens is 468 g/mol. The Morgan fingerprint density at radius 2 is 0.800 bits per heavy atom. The van der Waals surface area contributed by atoms with Gasteiger partial charge in [-0.2, -0.15) is 0 Å². The maximum Gasteiger partial charge on any atom is 0.336 e. The summed E-state index contributed by atoms with van der Waals surface area (Å²) in [5.41, 5.74) is -3.16. The van der Waals surface area contributed by atoms with Crippen molar-refractivity contribution >= 4 is 35.8 Å². The number of benzene rings is 2. The standard InChI is InChI=1S/C23H20O12/c24-18(25)12-6-10(16(22(32)33)14(8-12)20(28)29)4-2-1-3-5-11-7-13(19(26)27)9-15(21(30)31)17(11)23(34)35/h6-9H,1-5H2,(H,24,25)(H,26,27)(H,28,29)(H,30,31)(H,32,33)(H,34,35). The van der Waals surface area contributed by atoms with Crippen LogP contribution >= 0.6 is 0 Å². The van der Waals surface area contributed by atoms with Crippen LogP contribution in [-0.4, -0.2) is 66.5 Å². The van der Waals surface area contributed by atoms with Crippen molar-refractivity contribution in [3.05, 3.63) is 68.8 Å². The van der Waals surface area contributed by atoms with Crippen molar-refractivity contribution in [1.29, 1.82) is 0 Å². The fourth-order valence-corrected chi connectivity index (χ4v) is 3.70. The second-order valence-electron chi connectivity index (χ2n) is 7.51. The van der Waals surface area contributed by atoms with Crippen molar-refractivity contribution in [3.8, 4) is 0 Å². The van der Waals surface area contributed by atoms with Crippen LogP contribution in [0, 0.1) is 0 Å². The molecule has 0 saturated heterocycles. The molecular formula is C23H20O12. The summed E-state index contributed by atoms with van der Waals surface area (Å²) in [6.07, 6.45) is 0.858. The third-order valence-electron chi connectivity index (χ3n) is 5.21. The van der Waals surface area contributed by atoms with Crippen molar-refractivity contribution in [2.45, 2.75) is 32.1 Å². The third kappa shape index (κ3) is 6.19. The highest BCUT2D eigenvalue weighted by Gasteiger charge is 2.24. The Kier molecular flexibility index (Phi) is 8.27. The summed E-state index contributed by atoms with van der Waals surface area (Å²) < 4.78 is 0. The van der Waals surface area contributed by atoms with E-state index in [-0.39, 0.29) is 47.9 Å². The van der Waals surface area contributed by atoms with E-state index in [1.54, 1.807) is 0 Å². The molecule has 0 heterocycles. The van der Waals surface area contributed by atoms with Crippen molar-refractivity contribution in [3.63, 3.8) is 0 Å². The van der Waals surface area contributed by atoms with Gasteiger partial charge in [-0.25, -0.2) is 28.8 Å². The van der Waals surface area contributed by atoms with Gasteiger partial charge in [-0.15, -0.1) is 0 Å². The first-order valence-electron chi connectivity index (χ1n) is 10.1. The molecule has 0 aromatic heterocycles. The normalized spacial score (nSPS) is 10.5. The summed E-state index contributed by atoms with van der Waals surface area (Å²) in [7, 11) is 0. The predicted octanol–water partition coefficient (Wildman–Crippen LogP) is 2.83. The van der Waals surface area contributed by atoms with Gasteiger partial charge in [0.2, 0.25) is 0 Å². The average molecular weight is 488 g/mol. The van der Waals surface area contributed by atoms with Crippen LogP contribution < -0.4 is 0 Å². The van der Waals surface area contributed by atoms with Crippen LogP contribution in [0.25, 0.3) is 0 Å². The van der Waals surface area contributed by atoms with Crippen molar-refractivity contribution in [2.24, 2.45) is 0 Å². The number of carbonyl (C=O) groups is 6. The number of aromatic carboxylic acids is 6. The van der Waals surface area contributed by atoms with Gasteiger partial charge >= 0.3 is 35.8 Å². The number of rotatable bonds is 12. The summed E-state index contributed by atoms with van der Waals surface area (Å²) in [6, 6.07) is 3.69. The smallest absolute Gasteiger partial charge is 0.336 e. The minimum Gasteiger partial charge on any atom is -0.478 e. The van der Waals surface area contributed by atoms with E-state index in [0.717, 1.165) is 24.3 Å². The summed E-state index contributed by atoms with van der Waals surface area (Å²) in [5, 5.41) is 55.9. The van der Waals surface area contributed by atoms with E-state index in [4.69, 9.17) is 0 Å². The van der Waals surface area contributed by atoms with Crippen molar-refractivity contribution in [1.82, 2.24) is 0 Å². The van der Waals surface area contributed by atoms with Crippen LogP contribution in [-0.2, 0) is 12.8 Å². The molecule has 2 aromatic carbocycles. The lowest BCUT2D eigenvalue weighted by Gasteiger charge is -2.12. The topological polar surface area (TPSA) is 224 Å². The van der Waals surface area contributed by atoms with E-state index in [0.29, 0.717) is 6.42 Å². The van der Waals surface area contributed by atoms with Crippen molar-refractivity contribution < 1.29 is 59.4 Å². The first kappa shape index (κ1) is 26.5. The van der Waals surface area contributed by atoms with Gasteiger partial charge in [0.25, 0.3) is 0 Å². The van der Waals surface area contributed by atoms with Crippen LogP contribution in [0.3, 0.4) is 0 Å². The molecule has 0 aliphatic carbocycles. The van der Waals surface area contributed by atoms with Gasteiger partial charge in [0.15, 0.2) is 0 Å². The zero-order chi connectivity index (χ0) is 26.4. The molecule has 0 saturated carbocycles. The van der Waals surface area contributed by atoms with Gasteiger partial charge in [-0.05, 0) is 61.1 Å². The fraction of sp³-hybridized carbons (Fsp3) is 0.217. The molecule has 12 nitrogen and oxygen atoms in total. The quantitative estimate of drug-likeness (QED) is 0.237. The number of carboxylic acid groups (broad SMARTS) is 6. The van der Waals surface area contributed by atoms with E-state index in [9.17, 15) is 59.4 Å². The molecule has 0 amide bonds. The van der Waals surface area contributed by atoms with Gasteiger partial charge < -0.3 is 30.6 Å². The zero-order valence-electron chi connectivity index (χ0n) is 18.0. The third-order valence-corrected chi connectivity index (χ3v) is 5.21. The molecule has 2 aromatic rings. The molecule has 35 heavy (non-hydrogen) atoms. The van der Waals surface area contributed by atoms with E-state index < -0.39 is 58.1 Å². The van der Waals surface area contributed by atoms with Gasteiger partial charge in [0.05, 0.1) is 33.4 Å². The molecule has 12 heteroatoms. The maximum absolute atomic E-state index is 11.6. The molecule has 0 aliphatic heterocycles. The molecule has 0 aliphatic rings. The Morgan fingerprint density at radius 3 is 1.06 bits per heavy atom. The number of hydrogen-bond acceptors (Lipinski definition) is 6. The van der Waals surface area contributed by atoms with Crippen LogP contribution in [0.2, 0.25) is 0 Å². The highest BCUT2D eigenvalue weighted by molar-refractivity contribution is 6.06. The highest BCUT2D eigenvalue weighted by atomic mass is 16.4. The van der Waals surface area contributed by atoms with Gasteiger partial charge in [-0.1, -0.05) is 6.42 Å². The van der Waals surface area contributed by atoms with E-state index in [1.165, 1.54) is 0 Å². The maximum atomic E-state index is 11.6. The Bertz CT molecular complexity index is 1150. The largest absolute Gasteiger partial charge is 0.478 e. The molecule has 0 spiro atoms. The first-order chi connectivity index (χ1) is 16.3. The average Bonchev–Trinajstić information content (AvgIpc) is 2.76. The fourth-order valence-electron chi connectivity index (χ4n) is 3.70. The Balaban J connectivity index is 2.25. The Hall–Kier alpha value is -4.74. The SMILES string of the molecule is O=C(O)c1cc(CCCCCc2cc(C(=O)O)cc(C(=O)O)c2C(=O)O)c(C(=O)O)c(C(=O)O)c1. The molecule has 0 atom stereocenters. The Labute approximate surface area is 196 Å². The van der Waals surface area contributed by atoms with Crippen LogP contribution in [0.15, 0.2) is 24.3 Å². The monoisotopic (exact) mass is 488 g/mol. The van der Waals surface area contributed by atoms with Gasteiger partial charge in [-0.3, -0.25) is 0 Å². The van der Waals surface area contributed by atoms with E-state index >= 15 is 0 Å². The number of hydrogen-bond donors (Lipinski definition) is 6. The summed E-state index contributed by atoms with van der Waals surface area (Å²) in [5.74, 6) is -9.13. The van der Waals surface area contributed by atoms with Gasteiger partial charge in [0, 0.05) is 0 Å². The Morgan fingerprint density at radius 1 is 0.457 bits per heavy atom. The summed E-state index contributed by atoms with van der Waals surface area (Å²) >= 11 is 0. The first-order valence-corrected chi connectivity index (χ1v) is 10.1. The van der Waals surface area contributed by atoms with Crippen LogP contribution in [0.5, 0.6) is 0 Å². The number of unbranched alkanes of at least 4 members (excludes halogenated alkanes) is 2. The number of aryl methyl sites for hydroxylation is 2. The molecule has 0 radical (unpaired) electrons. The second-order valence-corrected chi connectivity index (χ2v) is 7.51. The van der Waals surface area contributed by atoms with Crippen LogP contribution in [0.1, 0.15) is 92.5 Å².